The van der Waals surface area contributed by atoms with Gasteiger partial charge in [0.1, 0.15) is 5.56 Å². The van der Waals surface area contributed by atoms with Crippen molar-refractivity contribution in [3.8, 4) is 11.3 Å². The van der Waals surface area contributed by atoms with E-state index in [1.54, 1.807) is 4.90 Å². The molecule has 4 rings (SSSR count). The van der Waals surface area contributed by atoms with Gasteiger partial charge in [0.25, 0.3) is 11.5 Å². The van der Waals surface area contributed by atoms with Gasteiger partial charge in [0.2, 0.25) is 0 Å². The van der Waals surface area contributed by atoms with Crippen molar-refractivity contribution >= 4 is 28.2 Å². The Morgan fingerprint density at radius 3 is 2.57 bits per heavy atom. The van der Waals surface area contributed by atoms with Crippen LogP contribution in [0.3, 0.4) is 0 Å². The number of benzene rings is 1. The Hall–Kier alpha value is -3.00. The summed E-state index contributed by atoms with van der Waals surface area (Å²) >= 11 is 1.36. The summed E-state index contributed by atoms with van der Waals surface area (Å²) in [5.41, 5.74) is 1.29. The summed E-state index contributed by atoms with van der Waals surface area (Å²) in [6.45, 7) is 0.825. The SMILES string of the molecule is COC(=O)C1CCN(C(=O)c2cnc3scc(-c4ccccc4)n3c2=O)CC1. The molecule has 8 heteroatoms. The molecule has 1 fully saturated rings. The van der Waals surface area contributed by atoms with Crippen LogP contribution < -0.4 is 5.56 Å². The van der Waals surface area contributed by atoms with Crippen molar-refractivity contribution in [3.05, 3.63) is 57.8 Å². The molecule has 144 valence electrons. The molecule has 3 aromatic rings. The van der Waals surface area contributed by atoms with Crippen LogP contribution in [0.15, 0.2) is 46.7 Å². The minimum atomic E-state index is -0.370. The van der Waals surface area contributed by atoms with E-state index in [0.717, 1.165) is 11.3 Å². The minimum Gasteiger partial charge on any atom is -0.469 e. The van der Waals surface area contributed by atoms with Gasteiger partial charge in [-0.2, -0.15) is 0 Å². The van der Waals surface area contributed by atoms with Crippen molar-refractivity contribution in [2.75, 3.05) is 20.2 Å². The number of esters is 1. The number of methoxy groups -OCH3 is 1. The summed E-state index contributed by atoms with van der Waals surface area (Å²) in [6.07, 6.45) is 2.42. The van der Waals surface area contributed by atoms with Crippen LogP contribution in [0.1, 0.15) is 23.2 Å². The molecule has 1 aromatic carbocycles. The lowest BCUT2D eigenvalue weighted by Crippen LogP contribution is -2.42. The molecule has 1 aliphatic heterocycles. The minimum absolute atomic E-state index is 0.0459. The molecule has 0 atom stereocenters. The Labute approximate surface area is 165 Å². The van der Waals surface area contributed by atoms with E-state index < -0.39 is 0 Å². The highest BCUT2D eigenvalue weighted by molar-refractivity contribution is 7.15. The topological polar surface area (TPSA) is 81.0 Å². The molecule has 0 unspecified atom stereocenters. The van der Waals surface area contributed by atoms with E-state index >= 15 is 0 Å². The van der Waals surface area contributed by atoms with Crippen molar-refractivity contribution in [1.29, 1.82) is 0 Å². The number of hydrogen-bond donors (Lipinski definition) is 0. The summed E-state index contributed by atoms with van der Waals surface area (Å²) in [5.74, 6) is -0.793. The first-order valence-corrected chi connectivity index (χ1v) is 9.90. The van der Waals surface area contributed by atoms with Gasteiger partial charge in [-0.25, -0.2) is 4.98 Å². The van der Waals surface area contributed by atoms with Crippen molar-refractivity contribution in [2.45, 2.75) is 12.8 Å². The molecular formula is C20H19N3O4S. The number of nitrogens with zero attached hydrogens (tertiary/aromatic N) is 3. The van der Waals surface area contributed by atoms with Crippen LogP contribution in [0.4, 0.5) is 0 Å². The molecule has 0 aliphatic carbocycles. The average molecular weight is 397 g/mol. The van der Waals surface area contributed by atoms with E-state index in [0.29, 0.717) is 30.9 Å². The summed E-state index contributed by atoms with van der Waals surface area (Å²) < 4.78 is 6.27. The number of thiazole rings is 1. The monoisotopic (exact) mass is 397 g/mol. The van der Waals surface area contributed by atoms with Crippen molar-refractivity contribution in [3.63, 3.8) is 0 Å². The number of likely N-dealkylation sites (tertiary alicyclic amines) is 1. The predicted molar refractivity (Wildman–Crippen MR) is 105 cm³/mol. The van der Waals surface area contributed by atoms with Crippen LogP contribution in [0, 0.1) is 5.92 Å². The zero-order chi connectivity index (χ0) is 19.7. The third-order valence-electron chi connectivity index (χ3n) is 5.06. The van der Waals surface area contributed by atoms with E-state index in [2.05, 4.69) is 4.98 Å². The van der Waals surface area contributed by atoms with Gasteiger partial charge in [-0.05, 0) is 18.4 Å². The fraction of sp³-hybridized carbons (Fsp3) is 0.300. The first kappa shape index (κ1) is 18.4. The van der Waals surface area contributed by atoms with Crippen LogP contribution in [0.2, 0.25) is 0 Å². The van der Waals surface area contributed by atoms with E-state index in [9.17, 15) is 14.4 Å². The highest BCUT2D eigenvalue weighted by atomic mass is 32.1. The van der Waals surface area contributed by atoms with Crippen molar-refractivity contribution in [1.82, 2.24) is 14.3 Å². The Bertz CT molecular complexity index is 1080. The largest absolute Gasteiger partial charge is 0.469 e. The highest BCUT2D eigenvalue weighted by Gasteiger charge is 2.30. The molecule has 0 saturated carbocycles. The van der Waals surface area contributed by atoms with Crippen LogP contribution in [0.5, 0.6) is 0 Å². The molecule has 28 heavy (non-hydrogen) atoms. The maximum absolute atomic E-state index is 13.1. The van der Waals surface area contributed by atoms with Gasteiger partial charge in [-0.3, -0.25) is 18.8 Å². The van der Waals surface area contributed by atoms with Gasteiger partial charge in [0.15, 0.2) is 4.96 Å². The predicted octanol–water partition coefficient (Wildman–Crippen LogP) is 2.45. The lowest BCUT2D eigenvalue weighted by Gasteiger charge is -2.30. The quantitative estimate of drug-likeness (QED) is 0.634. The van der Waals surface area contributed by atoms with Gasteiger partial charge in [0.05, 0.1) is 18.7 Å². The third-order valence-corrected chi connectivity index (χ3v) is 5.90. The van der Waals surface area contributed by atoms with Crippen LogP contribution >= 0.6 is 11.3 Å². The zero-order valence-electron chi connectivity index (χ0n) is 15.3. The van der Waals surface area contributed by atoms with E-state index in [-0.39, 0.29) is 28.9 Å². The molecule has 3 heterocycles. The summed E-state index contributed by atoms with van der Waals surface area (Å²) in [5, 5.41) is 1.87. The molecule has 0 bridgehead atoms. The lowest BCUT2D eigenvalue weighted by atomic mass is 9.96. The van der Waals surface area contributed by atoms with Crippen molar-refractivity contribution < 1.29 is 14.3 Å². The Morgan fingerprint density at radius 1 is 1.18 bits per heavy atom. The van der Waals surface area contributed by atoms with Crippen LogP contribution in [-0.4, -0.2) is 46.4 Å². The number of carbonyl (C=O) groups excluding carboxylic acids is 2. The smallest absolute Gasteiger partial charge is 0.308 e. The normalized spacial score (nSPS) is 15.0. The summed E-state index contributed by atoms with van der Waals surface area (Å²) in [7, 11) is 1.37. The Kier molecular flexibility index (Phi) is 4.95. The van der Waals surface area contributed by atoms with Crippen LogP contribution in [0.25, 0.3) is 16.2 Å². The van der Waals surface area contributed by atoms with Gasteiger partial charge in [-0.15, -0.1) is 11.3 Å². The molecule has 2 aromatic heterocycles. The standard InChI is InChI=1S/C20H19N3O4S/c1-27-19(26)14-7-9-22(10-8-14)17(24)15-11-21-20-23(18(15)25)16(12-28-20)13-5-3-2-4-6-13/h2-6,11-12,14H,7-10H2,1H3. The average Bonchev–Trinajstić information content (AvgIpc) is 3.19. The van der Waals surface area contributed by atoms with E-state index in [1.165, 1.54) is 29.0 Å². The molecule has 1 amide bonds. The second-order valence-electron chi connectivity index (χ2n) is 6.67. The van der Waals surface area contributed by atoms with E-state index in [1.807, 2.05) is 35.7 Å². The lowest BCUT2D eigenvalue weighted by molar-refractivity contribution is -0.146. The number of hydrogen-bond acceptors (Lipinski definition) is 6. The maximum atomic E-state index is 13.1. The van der Waals surface area contributed by atoms with Gasteiger partial charge in [0, 0.05) is 24.7 Å². The highest BCUT2D eigenvalue weighted by Crippen LogP contribution is 2.24. The Balaban J connectivity index is 1.65. The first-order valence-electron chi connectivity index (χ1n) is 9.02. The van der Waals surface area contributed by atoms with Crippen molar-refractivity contribution in [2.24, 2.45) is 5.92 Å². The maximum Gasteiger partial charge on any atom is 0.308 e. The molecule has 0 radical (unpaired) electrons. The zero-order valence-corrected chi connectivity index (χ0v) is 16.1. The Morgan fingerprint density at radius 2 is 1.89 bits per heavy atom. The third kappa shape index (κ3) is 3.20. The molecule has 0 spiro atoms. The van der Waals surface area contributed by atoms with Gasteiger partial charge < -0.3 is 9.64 Å². The number of ether oxygens (including phenoxy) is 1. The second kappa shape index (κ2) is 7.55. The molecule has 0 N–H and O–H groups in total. The molecule has 1 saturated heterocycles. The number of carbonyl (C=O) groups is 2. The first-order chi connectivity index (χ1) is 13.6. The van der Waals surface area contributed by atoms with Gasteiger partial charge >= 0.3 is 5.97 Å². The molecule has 7 nitrogen and oxygen atoms in total. The van der Waals surface area contributed by atoms with E-state index in [4.69, 9.17) is 4.74 Å². The van der Waals surface area contributed by atoms with Gasteiger partial charge in [-0.1, -0.05) is 30.3 Å². The summed E-state index contributed by atoms with van der Waals surface area (Å²) in [6, 6.07) is 9.54. The van der Waals surface area contributed by atoms with Crippen LogP contribution in [-0.2, 0) is 9.53 Å². The number of rotatable bonds is 3. The summed E-state index contributed by atoms with van der Waals surface area (Å²) in [4.78, 5) is 44.2. The number of piperidine rings is 1. The number of amides is 1. The molecule has 1 aliphatic rings. The second-order valence-corrected chi connectivity index (χ2v) is 7.51. The fourth-order valence-corrected chi connectivity index (χ4v) is 4.36. The number of fused-ring (bicyclic) bond motifs is 1. The number of aromatic nitrogens is 2. The molecular weight excluding hydrogens is 378 g/mol. The fourth-order valence-electron chi connectivity index (χ4n) is 3.50.